The fraction of sp³-hybridized carbons (Fsp3) is 0.133. The SMILES string of the molecule is Cc1ccc(Br)cc1S(=O)(=O)N(C)c1cccc(C#N)c1. The van der Waals surface area contributed by atoms with E-state index in [0.29, 0.717) is 21.3 Å². The number of hydrogen-bond acceptors (Lipinski definition) is 3. The number of aryl methyl sites for hydroxylation is 1. The lowest BCUT2D eigenvalue weighted by Gasteiger charge is -2.21. The summed E-state index contributed by atoms with van der Waals surface area (Å²) in [5.74, 6) is 0. The number of nitrogens with zero attached hydrogens (tertiary/aromatic N) is 2. The van der Waals surface area contributed by atoms with E-state index in [1.165, 1.54) is 11.4 Å². The Morgan fingerprint density at radius 3 is 2.57 bits per heavy atom. The minimum absolute atomic E-state index is 0.238. The Morgan fingerprint density at radius 1 is 1.19 bits per heavy atom. The van der Waals surface area contributed by atoms with Gasteiger partial charge in [-0.1, -0.05) is 28.1 Å². The summed E-state index contributed by atoms with van der Waals surface area (Å²) in [6, 6.07) is 13.6. The van der Waals surface area contributed by atoms with Gasteiger partial charge in [0, 0.05) is 11.5 Å². The highest BCUT2D eigenvalue weighted by Gasteiger charge is 2.23. The van der Waals surface area contributed by atoms with Crippen LogP contribution in [-0.4, -0.2) is 15.5 Å². The van der Waals surface area contributed by atoms with Gasteiger partial charge in [-0.15, -0.1) is 0 Å². The van der Waals surface area contributed by atoms with Gasteiger partial charge in [-0.2, -0.15) is 5.26 Å². The number of nitriles is 1. The Hall–Kier alpha value is -1.84. The maximum Gasteiger partial charge on any atom is 0.264 e. The zero-order chi connectivity index (χ0) is 15.6. The third-order valence-corrected chi connectivity index (χ3v) is 5.55. The molecule has 21 heavy (non-hydrogen) atoms. The van der Waals surface area contributed by atoms with Gasteiger partial charge in [0.2, 0.25) is 0 Å². The number of anilines is 1. The van der Waals surface area contributed by atoms with E-state index in [0.717, 1.165) is 0 Å². The monoisotopic (exact) mass is 364 g/mol. The van der Waals surface area contributed by atoms with Crippen molar-refractivity contribution in [1.82, 2.24) is 0 Å². The van der Waals surface area contributed by atoms with Crippen LogP contribution in [0.15, 0.2) is 51.8 Å². The summed E-state index contributed by atoms with van der Waals surface area (Å²) in [6.07, 6.45) is 0. The second-order valence-electron chi connectivity index (χ2n) is 4.54. The highest BCUT2D eigenvalue weighted by atomic mass is 79.9. The molecule has 0 N–H and O–H groups in total. The molecule has 0 saturated heterocycles. The number of halogens is 1. The fourth-order valence-corrected chi connectivity index (χ4v) is 3.86. The molecule has 0 heterocycles. The first-order valence-electron chi connectivity index (χ1n) is 6.11. The first-order chi connectivity index (χ1) is 9.86. The van der Waals surface area contributed by atoms with Crippen molar-refractivity contribution in [3.8, 4) is 6.07 Å². The van der Waals surface area contributed by atoms with E-state index in [4.69, 9.17) is 5.26 Å². The van der Waals surface area contributed by atoms with Gasteiger partial charge in [0.1, 0.15) is 0 Å². The van der Waals surface area contributed by atoms with Crippen LogP contribution in [0.4, 0.5) is 5.69 Å². The molecule has 2 rings (SSSR count). The van der Waals surface area contributed by atoms with Crippen molar-refractivity contribution in [3.63, 3.8) is 0 Å². The molecule has 0 aromatic heterocycles. The first kappa shape index (κ1) is 15.5. The molecule has 0 saturated carbocycles. The summed E-state index contributed by atoms with van der Waals surface area (Å²) in [6.45, 7) is 1.75. The van der Waals surface area contributed by atoms with Crippen LogP contribution in [0, 0.1) is 18.3 Å². The van der Waals surface area contributed by atoms with Gasteiger partial charge in [0.25, 0.3) is 10.0 Å². The Kier molecular flexibility index (Phi) is 4.35. The van der Waals surface area contributed by atoms with Gasteiger partial charge in [0.15, 0.2) is 0 Å². The third-order valence-electron chi connectivity index (χ3n) is 3.13. The molecule has 2 aromatic carbocycles. The summed E-state index contributed by atoms with van der Waals surface area (Å²) < 4.78 is 27.3. The van der Waals surface area contributed by atoms with Crippen molar-refractivity contribution < 1.29 is 8.42 Å². The molecule has 2 aromatic rings. The van der Waals surface area contributed by atoms with Gasteiger partial charge in [0.05, 0.1) is 22.2 Å². The Morgan fingerprint density at radius 2 is 1.90 bits per heavy atom. The van der Waals surface area contributed by atoms with E-state index in [1.807, 2.05) is 6.07 Å². The average Bonchev–Trinajstić information content (AvgIpc) is 2.48. The molecule has 0 amide bonds. The fourth-order valence-electron chi connectivity index (χ4n) is 1.91. The molecule has 6 heteroatoms. The van der Waals surface area contributed by atoms with Crippen molar-refractivity contribution >= 4 is 31.6 Å². The lowest BCUT2D eigenvalue weighted by molar-refractivity contribution is 0.593. The van der Waals surface area contributed by atoms with Gasteiger partial charge < -0.3 is 0 Å². The molecule has 0 spiro atoms. The van der Waals surface area contributed by atoms with Crippen LogP contribution in [0.25, 0.3) is 0 Å². The number of rotatable bonds is 3. The van der Waals surface area contributed by atoms with E-state index in [2.05, 4.69) is 15.9 Å². The maximum absolute atomic E-state index is 12.7. The van der Waals surface area contributed by atoms with Gasteiger partial charge in [-0.05, 0) is 42.8 Å². The number of sulfonamides is 1. The predicted molar refractivity (Wildman–Crippen MR) is 85.6 cm³/mol. The largest absolute Gasteiger partial charge is 0.269 e. The van der Waals surface area contributed by atoms with Crippen LogP contribution in [0.3, 0.4) is 0 Å². The van der Waals surface area contributed by atoms with Crippen molar-refractivity contribution in [2.24, 2.45) is 0 Å². The molecule has 4 nitrogen and oxygen atoms in total. The zero-order valence-electron chi connectivity index (χ0n) is 11.5. The zero-order valence-corrected chi connectivity index (χ0v) is 13.9. The summed E-state index contributed by atoms with van der Waals surface area (Å²) in [4.78, 5) is 0.238. The molecule has 108 valence electrons. The van der Waals surface area contributed by atoms with E-state index < -0.39 is 10.0 Å². The lowest BCUT2D eigenvalue weighted by Crippen LogP contribution is -2.27. The van der Waals surface area contributed by atoms with Crippen molar-refractivity contribution in [2.75, 3.05) is 11.4 Å². The summed E-state index contributed by atoms with van der Waals surface area (Å²) in [7, 11) is -2.20. The van der Waals surface area contributed by atoms with Crippen LogP contribution in [0.2, 0.25) is 0 Å². The molecule has 0 bridgehead atoms. The summed E-state index contributed by atoms with van der Waals surface area (Å²) >= 11 is 3.29. The maximum atomic E-state index is 12.7. The molecule has 0 aliphatic heterocycles. The quantitative estimate of drug-likeness (QED) is 0.837. The minimum atomic E-state index is -3.68. The van der Waals surface area contributed by atoms with E-state index >= 15 is 0 Å². The molecule has 0 aliphatic carbocycles. The second kappa shape index (κ2) is 5.88. The average molecular weight is 365 g/mol. The van der Waals surface area contributed by atoms with E-state index in [9.17, 15) is 8.42 Å². The molecule has 0 atom stereocenters. The smallest absolute Gasteiger partial charge is 0.264 e. The standard InChI is InChI=1S/C15H13BrN2O2S/c1-11-6-7-13(16)9-15(11)21(19,20)18(2)14-5-3-4-12(8-14)10-17/h3-9H,1-2H3. The van der Waals surface area contributed by atoms with Gasteiger partial charge in [-0.3, -0.25) is 4.31 Å². The normalized spacial score (nSPS) is 11.0. The van der Waals surface area contributed by atoms with Gasteiger partial charge in [-0.25, -0.2) is 8.42 Å². The Bertz CT molecular complexity index is 826. The number of hydrogen-bond donors (Lipinski definition) is 0. The van der Waals surface area contributed by atoms with Crippen molar-refractivity contribution in [2.45, 2.75) is 11.8 Å². The number of benzene rings is 2. The van der Waals surface area contributed by atoms with Crippen LogP contribution in [-0.2, 0) is 10.0 Å². The van der Waals surface area contributed by atoms with Gasteiger partial charge >= 0.3 is 0 Å². The predicted octanol–water partition coefficient (Wildman–Crippen LogP) is 3.45. The summed E-state index contributed by atoms with van der Waals surface area (Å²) in [5.41, 5.74) is 1.54. The molecular formula is C15H13BrN2O2S. The highest BCUT2D eigenvalue weighted by Crippen LogP contribution is 2.27. The van der Waals surface area contributed by atoms with E-state index in [-0.39, 0.29) is 4.90 Å². The second-order valence-corrected chi connectivity index (χ2v) is 7.40. The Labute approximate surface area is 132 Å². The first-order valence-corrected chi connectivity index (χ1v) is 8.35. The Balaban J connectivity index is 2.53. The molecule has 0 fully saturated rings. The van der Waals surface area contributed by atoms with Crippen LogP contribution >= 0.6 is 15.9 Å². The molecule has 0 aliphatic rings. The van der Waals surface area contributed by atoms with Crippen LogP contribution < -0.4 is 4.31 Å². The molecule has 0 unspecified atom stereocenters. The lowest BCUT2D eigenvalue weighted by atomic mass is 10.2. The molecule has 0 radical (unpaired) electrons. The molecular weight excluding hydrogens is 352 g/mol. The van der Waals surface area contributed by atoms with Crippen molar-refractivity contribution in [1.29, 1.82) is 5.26 Å². The third kappa shape index (κ3) is 3.09. The highest BCUT2D eigenvalue weighted by molar-refractivity contribution is 9.10. The topological polar surface area (TPSA) is 61.2 Å². The van der Waals surface area contributed by atoms with E-state index in [1.54, 1.807) is 49.4 Å². The van der Waals surface area contributed by atoms with Crippen molar-refractivity contribution in [3.05, 3.63) is 58.1 Å². The van der Waals surface area contributed by atoms with Crippen LogP contribution in [0.1, 0.15) is 11.1 Å². The minimum Gasteiger partial charge on any atom is -0.269 e. The summed E-state index contributed by atoms with van der Waals surface area (Å²) in [5, 5.41) is 8.92. The van der Waals surface area contributed by atoms with Crippen LogP contribution in [0.5, 0.6) is 0 Å².